The molecule has 0 saturated heterocycles. The van der Waals surface area contributed by atoms with Gasteiger partial charge in [-0.05, 0) is 41.5 Å². The van der Waals surface area contributed by atoms with Gasteiger partial charge in [0.25, 0.3) is 0 Å². The maximum absolute atomic E-state index is 5.12. The zero-order valence-electron chi connectivity index (χ0n) is 23.3. The van der Waals surface area contributed by atoms with Crippen LogP contribution < -0.4 is 0 Å². The molecule has 0 aliphatic heterocycles. The van der Waals surface area contributed by atoms with Crippen molar-refractivity contribution in [3.63, 3.8) is 0 Å². The SMILES string of the molecule is c1ccc(-c2nc(-c3ccccc3)nc(-c3cc4c(cc3-c3ccccc3)c3ccccc3n4-c3ccccc3)n2)cc1. The molecule has 4 nitrogen and oxygen atoms in total. The molecule has 0 atom stereocenters. The summed E-state index contributed by atoms with van der Waals surface area (Å²) >= 11 is 0. The zero-order valence-corrected chi connectivity index (χ0v) is 23.3. The molecule has 8 aromatic rings. The van der Waals surface area contributed by atoms with Crippen LogP contribution in [0.5, 0.6) is 0 Å². The Hall–Kier alpha value is -5.87. The molecular formula is C39H26N4. The Balaban J connectivity index is 1.48. The van der Waals surface area contributed by atoms with Crippen LogP contribution in [-0.4, -0.2) is 19.5 Å². The van der Waals surface area contributed by atoms with E-state index in [-0.39, 0.29) is 0 Å². The third kappa shape index (κ3) is 4.46. The number of nitrogens with zero attached hydrogens (tertiary/aromatic N) is 4. The molecule has 0 saturated carbocycles. The zero-order chi connectivity index (χ0) is 28.6. The van der Waals surface area contributed by atoms with Crippen LogP contribution in [0.15, 0.2) is 158 Å². The van der Waals surface area contributed by atoms with Crippen LogP contribution in [0.4, 0.5) is 0 Å². The lowest BCUT2D eigenvalue weighted by atomic mass is 9.96. The van der Waals surface area contributed by atoms with Crippen LogP contribution in [0.25, 0.3) is 72.8 Å². The van der Waals surface area contributed by atoms with Gasteiger partial charge in [0.15, 0.2) is 17.5 Å². The minimum atomic E-state index is 0.637. The second kappa shape index (κ2) is 10.5. The Labute approximate surface area is 249 Å². The molecule has 6 aromatic carbocycles. The van der Waals surface area contributed by atoms with Gasteiger partial charge in [-0.15, -0.1) is 0 Å². The summed E-state index contributed by atoms with van der Waals surface area (Å²) in [6.45, 7) is 0. The van der Waals surface area contributed by atoms with Gasteiger partial charge in [-0.25, -0.2) is 15.0 Å². The summed E-state index contributed by atoms with van der Waals surface area (Å²) in [6.07, 6.45) is 0. The van der Waals surface area contributed by atoms with Crippen LogP contribution in [-0.2, 0) is 0 Å². The summed E-state index contributed by atoms with van der Waals surface area (Å²) in [6, 6.07) is 54.4. The smallest absolute Gasteiger partial charge is 0.164 e. The first kappa shape index (κ1) is 24.9. The van der Waals surface area contributed by atoms with Crippen molar-refractivity contribution in [1.82, 2.24) is 19.5 Å². The molecular weight excluding hydrogens is 524 g/mol. The summed E-state index contributed by atoms with van der Waals surface area (Å²) in [5.74, 6) is 1.93. The van der Waals surface area contributed by atoms with E-state index in [2.05, 4.69) is 95.6 Å². The topological polar surface area (TPSA) is 43.6 Å². The minimum Gasteiger partial charge on any atom is -0.309 e. The van der Waals surface area contributed by atoms with Crippen molar-refractivity contribution in [1.29, 1.82) is 0 Å². The van der Waals surface area contributed by atoms with E-state index < -0.39 is 0 Å². The van der Waals surface area contributed by atoms with E-state index >= 15 is 0 Å². The first-order valence-electron chi connectivity index (χ1n) is 14.4. The highest BCUT2D eigenvalue weighted by atomic mass is 15.0. The lowest BCUT2D eigenvalue weighted by Gasteiger charge is -2.14. The molecule has 8 rings (SSSR count). The fourth-order valence-electron chi connectivity index (χ4n) is 5.84. The van der Waals surface area contributed by atoms with E-state index in [0.29, 0.717) is 17.5 Å². The fourth-order valence-corrected chi connectivity index (χ4v) is 5.84. The summed E-state index contributed by atoms with van der Waals surface area (Å²) in [5.41, 5.74) is 8.41. The highest BCUT2D eigenvalue weighted by molar-refractivity contribution is 6.12. The van der Waals surface area contributed by atoms with Crippen molar-refractivity contribution in [2.75, 3.05) is 0 Å². The van der Waals surface area contributed by atoms with Crippen molar-refractivity contribution >= 4 is 21.8 Å². The van der Waals surface area contributed by atoms with E-state index in [1.165, 1.54) is 10.8 Å². The number of para-hydroxylation sites is 2. The van der Waals surface area contributed by atoms with Crippen LogP contribution in [0.2, 0.25) is 0 Å². The number of benzene rings is 6. The molecule has 0 aliphatic carbocycles. The van der Waals surface area contributed by atoms with Gasteiger partial charge in [0.05, 0.1) is 11.0 Å². The summed E-state index contributed by atoms with van der Waals surface area (Å²) in [4.78, 5) is 15.2. The fraction of sp³-hybridized carbons (Fsp3) is 0. The molecule has 0 radical (unpaired) electrons. The molecule has 0 fully saturated rings. The molecule has 0 spiro atoms. The van der Waals surface area contributed by atoms with Gasteiger partial charge < -0.3 is 4.57 Å². The van der Waals surface area contributed by atoms with E-state index in [9.17, 15) is 0 Å². The maximum atomic E-state index is 5.12. The highest BCUT2D eigenvalue weighted by Gasteiger charge is 2.20. The Kier molecular flexibility index (Phi) is 6.08. The Bertz CT molecular complexity index is 2150. The molecule has 43 heavy (non-hydrogen) atoms. The molecule has 2 aromatic heterocycles. The van der Waals surface area contributed by atoms with Crippen LogP contribution in [0.3, 0.4) is 0 Å². The normalized spacial score (nSPS) is 11.3. The van der Waals surface area contributed by atoms with E-state index in [1.54, 1.807) is 0 Å². The number of rotatable bonds is 5. The van der Waals surface area contributed by atoms with Crippen molar-refractivity contribution in [3.8, 4) is 51.0 Å². The minimum absolute atomic E-state index is 0.637. The molecule has 0 unspecified atom stereocenters. The van der Waals surface area contributed by atoms with Crippen molar-refractivity contribution in [2.45, 2.75) is 0 Å². The quantitative estimate of drug-likeness (QED) is 0.214. The van der Waals surface area contributed by atoms with Crippen molar-refractivity contribution in [3.05, 3.63) is 158 Å². The van der Waals surface area contributed by atoms with E-state index in [1.807, 2.05) is 66.7 Å². The van der Waals surface area contributed by atoms with Crippen molar-refractivity contribution < 1.29 is 0 Å². The number of hydrogen-bond acceptors (Lipinski definition) is 3. The predicted molar refractivity (Wildman–Crippen MR) is 176 cm³/mol. The Morgan fingerprint density at radius 1 is 0.349 bits per heavy atom. The first-order chi connectivity index (χ1) is 21.3. The Morgan fingerprint density at radius 2 is 0.837 bits per heavy atom. The first-order valence-corrected chi connectivity index (χ1v) is 14.4. The van der Waals surface area contributed by atoms with Gasteiger partial charge in [-0.3, -0.25) is 0 Å². The van der Waals surface area contributed by atoms with Gasteiger partial charge in [0.2, 0.25) is 0 Å². The van der Waals surface area contributed by atoms with Gasteiger partial charge in [0.1, 0.15) is 0 Å². The predicted octanol–water partition coefficient (Wildman–Crippen LogP) is 9.64. The van der Waals surface area contributed by atoms with Gasteiger partial charge >= 0.3 is 0 Å². The average molecular weight is 551 g/mol. The highest BCUT2D eigenvalue weighted by Crippen LogP contribution is 2.40. The molecule has 0 aliphatic rings. The Morgan fingerprint density at radius 3 is 1.44 bits per heavy atom. The second-order valence-electron chi connectivity index (χ2n) is 10.5. The molecule has 2 heterocycles. The van der Waals surface area contributed by atoms with Gasteiger partial charge in [0, 0.05) is 33.2 Å². The summed E-state index contributed by atoms with van der Waals surface area (Å²) in [5, 5.41) is 2.39. The molecule has 0 N–H and O–H groups in total. The molecule has 0 amide bonds. The maximum Gasteiger partial charge on any atom is 0.164 e. The largest absolute Gasteiger partial charge is 0.309 e. The van der Waals surface area contributed by atoms with E-state index in [0.717, 1.165) is 44.5 Å². The third-order valence-electron chi connectivity index (χ3n) is 7.85. The number of aromatic nitrogens is 4. The summed E-state index contributed by atoms with van der Waals surface area (Å²) in [7, 11) is 0. The monoisotopic (exact) mass is 550 g/mol. The number of fused-ring (bicyclic) bond motifs is 3. The van der Waals surface area contributed by atoms with Crippen molar-refractivity contribution in [2.24, 2.45) is 0 Å². The second-order valence-corrected chi connectivity index (χ2v) is 10.5. The van der Waals surface area contributed by atoms with E-state index in [4.69, 9.17) is 15.0 Å². The average Bonchev–Trinajstić information content (AvgIpc) is 3.42. The lowest BCUT2D eigenvalue weighted by Crippen LogP contribution is -2.01. The number of hydrogen-bond donors (Lipinski definition) is 0. The molecule has 4 heteroatoms. The molecule has 0 bridgehead atoms. The van der Waals surface area contributed by atoms with Gasteiger partial charge in [-0.1, -0.05) is 127 Å². The summed E-state index contributed by atoms with van der Waals surface area (Å²) < 4.78 is 2.33. The lowest BCUT2D eigenvalue weighted by molar-refractivity contribution is 1.07. The van der Waals surface area contributed by atoms with Crippen LogP contribution in [0.1, 0.15) is 0 Å². The van der Waals surface area contributed by atoms with Gasteiger partial charge in [-0.2, -0.15) is 0 Å². The van der Waals surface area contributed by atoms with Crippen LogP contribution >= 0.6 is 0 Å². The standard InChI is InChI=1S/C39H26N4/c1-5-15-27(16-6-1)32-25-33-31-23-13-14-24-35(31)43(30-21-11-4-12-22-30)36(33)26-34(32)39-41-37(28-17-7-2-8-18-28)40-38(42-39)29-19-9-3-10-20-29/h1-26H. The molecule has 202 valence electrons. The van der Waals surface area contributed by atoms with Crippen LogP contribution in [0, 0.1) is 0 Å². The third-order valence-corrected chi connectivity index (χ3v) is 7.85.